The molecule has 2 aromatic heterocycles. The molecule has 4 nitrogen and oxygen atoms in total. The average molecular weight is 355 g/mol. The molecule has 0 aliphatic carbocycles. The van der Waals surface area contributed by atoms with Crippen LogP contribution in [0.15, 0.2) is 48.0 Å². The van der Waals surface area contributed by atoms with Crippen molar-refractivity contribution < 1.29 is 9.18 Å². The van der Waals surface area contributed by atoms with E-state index in [0.717, 1.165) is 30.6 Å². The van der Waals surface area contributed by atoms with Gasteiger partial charge in [-0.25, -0.2) is 9.37 Å². The van der Waals surface area contributed by atoms with Crippen molar-refractivity contribution in [2.75, 3.05) is 23.3 Å². The molecule has 3 aromatic rings. The van der Waals surface area contributed by atoms with Gasteiger partial charge < -0.3 is 10.2 Å². The third kappa shape index (κ3) is 3.22. The number of carbonyl (C=O) groups excluding carboxylic acids is 1. The first-order valence-electron chi connectivity index (χ1n) is 8.35. The van der Waals surface area contributed by atoms with E-state index in [0.29, 0.717) is 6.54 Å². The normalized spacial score (nSPS) is 17.6. The topological polar surface area (TPSA) is 45.2 Å². The van der Waals surface area contributed by atoms with Crippen LogP contribution in [0.1, 0.15) is 12.8 Å². The first-order valence-corrected chi connectivity index (χ1v) is 9.23. The maximum absolute atomic E-state index is 13.8. The van der Waals surface area contributed by atoms with Gasteiger partial charge in [-0.05, 0) is 42.5 Å². The highest BCUT2D eigenvalue weighted by Crippen LogP contribution is 2.31. The summed E-state index contributed by atoms with van der Waals surface area (Å²) in [7, 11) is 0. The van der Waals surface area contributed by atoms with Crippen LogP contribution >= 0.6 is 11.3 Å². The van der Waals surface area contributed by atoms with E-state index in [1.54, 1.807) is 29.5 Å². The van der Waals surface area contributed by atoms with Gasteiger partial charge in [0.1, 0.15) is 11.6 Å². The fourth-order valence-electron chi connectivity index (χ4n) is 3.31. The lowest BCUT2D eigenvalue weighted by molar-refractivity contribution is -0.120. The summed E-state index contributed by atoms with van der Waals surface area (Å²) in [6.07, 6.45) is 3.53. The van der Waals surface area contributed by atoms with E-state index in [1.807, 2.05) is 12.3 Å². The van der Waals surface area contributed by atoms with Gasteiger partial charge in [0.15, 0.2) is 0 Å². The van der Waals surface area contributed by atoms with E-state index in [2.05, 4.69) is 26.6 Å². The summed E-state index contributed by atoms with van der Waals surface area (Å²) in [5.41, 5.74) is 0.239. The monoisotopic (exact) mass is 355 g/mol. The van der Waals surface area contributed by atoms with Gasteiger partial charge in [-0.1, -0.05) is 12.1 Å². The lowest BCUT2D eigenvalue weighted by Gasteiger charge is -2.33. The third-order valence-electron chi connectivity index (χ3n) is 4.58. The van der Waals surface area contributed by atoms with E-state index in [1.165, 1.54) is 10.8 Å². The molecule has 1 aliphatic rings. The van der Waals surface area contributed by atoms with Crippen molar-refractivity contribution in [1.29, 1.82) is 0 Å². The van der Waals surface area contributed by atoms with Gasteiger partial charge in [0, 0.05) is 29.4 Å². The zero-order valence-corrected chi connectivity index (χ0v) is 14.4. The molecule has 1 amide bonds. The summed E-state index contributed by atoms with van der Waals surface area (Å²) in [4.78, 5) is 19.3. The van der Waals surface area contributed by atoms with Crippen LogP contribution in [-0.4, -0.2) is 24.0 Å². The summed E-state index contributed by atoms with van der Waals surface area (Å²) in [6.45, 7) is 1.48. The zero-order chi connectivity index (χ0) is 17.2. The molecule has 0 radical (unpaired) electrons. The number of nitrogens with zero attached hydrogens (tertiary/aromatic N) is 2. The van der Waals surface area contributed by atoms with Crippen molar-refractivity contribution in [3.05, 3.63) is 53.8 Å². The highest BCUT2D eigenvalue weighted by atomic mass is 32.1. The van der Waals surface area contributed by atoms with Crippen LogP contribution < -0.4 is 10.2 Å². The van der Waals surface area contributed by atoms with Gasteiger partial charge in [-0.15, -0.1) is 11.3 Å². The Morgan fingerprint density at radius 2 is 2.16 bits per heavy atom. The predicted octanol–water partition coefficient (Wildman–Crippen LogP) is 4.29. The Hall–Kier alpha value is -2.47. The van der Waals surface area contributed by atoms with Gasteiger partial charge in [0.25, 0.3) is 0 Å². The highest BCUT2D eigenvalue weighted by Gasteiger charge is 2.27. The van der Waals surface area contributed by atoms with Crippen molar-refractivity contribution in [3.8, 4) is 0 Å². The molecule has 0 spiro atoms. The molecule has 1 saturated heterocycles. The number of carbonyl (C=O) groups is 1. The van der Waals surface area contributed by atoms with Crippen molar-refractivity contribution in [3.63, 3.8) is 0 Å². The highest BCUT2D eigenvalue weighted by molar-refractivity contribution is 7.17. The SMILES string of the molecule is O=C(Nc1ccccc1F)[C@H]1CCCN(c2nccc3sccc23)C1. The van der Waals surface area contributed by atoms with Crippen molar-refractivity contribution in [1.82, 2.24) is 4.98 Å². The molecule has 1 fully saturated rings. The molecule has 3 heterocycles. The lowest BCUT2D eigenvalue weighted by atomic mass is 9.96. The minimum Gasteiger partial charge on any atom is -0.355 e. The molecule has 1 N–H and O–H groups in total. The number of pyridine rings is 1. The molecule has 4 rings (SSSR count). The first kappa shape index (κ1) is 16.0. The zero-order valence-electron chi connectivity index (χ0n) is 13.6. The molecule has 0 unspecified atom stereocenters. The number of piperidine rings is 1. The number of anilines is 2. The lowest BCUT2D eigenvalue weighted by Crippen LogP contribution is -2.41. The summed E-state index contributed by atoms with van der Waals surface area (Å²) in [5.74, 6) is 0.215. The largest absolute Gasteiger partial charge is 0.355 e. The van der Waals surface area contributed by atoms with Crippen LogP contribution in [0.4, 0.5) is 15.9 Å². The van der Waals surface area contributed by atoms with Crippen LogP contribution in [0.5, 0.6) is 0 Å². The van der Waals surface area contributed by atoms with Crippen molar-refractivity contribution in [2.45, 2.75) is 12.8 Å². The molecule has 1 aromatic carbocycles. The Bertz CT molecular complexity index is 910. The van der Waals surface area contributed by atoms with Gasteiger partial charge >= 0.3 is 0 Å². The molecule has 25 heavy (non-hydrogen) atoms. The van der Waals surface area contributed by atoms with E-state index in [4.69, 9.17) is 0 Å². The standard InChI is InChI=1S/C19H18FN3OS/c20-15-5-1-2-6-16(15)22-19(24)13-4-3-10-23(12-13)18-14-8-11-25-17(14)7-9-21-18/h1-2,5-9,11,13H,3-4,10,12H2,(H,22,24)/t13-/m0/s1. The van der Waals surface area contributed by atoms with Gasteiger partial charge in [-0.2, -0.15) is 0 Å². The molecule has 0 bridgehead atoms. The molecule has 1 aliphatic heterocycles. The maximum Gasteiger partial charge on any atom is 0.229 e. The summed E-state index contributed by atoms with van der Waals surface area (Å²) >= 11 is 1.69. The fourth-order valence-corrected chi connectivity index (χ4v) is 4.09. The minimum absolute atomic E-state index is 0.132. The number of thiophene rings is 1. The van der Waals surface area contributed by atoms with Crippen LogP contribution in [0.25, 0.3) is 10.1 Å². The molecular formula is C19H18FN3OS. The Balaban J connectivity index is 1.52. The Kier molecular flexibility index (Phi) is 4.36. The van der Waals surface area contributed by atoms with Crippen molar-refractivity contribution >= 4 is 38.8 Å². The number of aromatic nitrogens is 1. The molecule has 6 heteroatoms. The minimum atomic E-state index is -0.409. The molecule has 128 valence electrons. The number of fused-ring (bicyclic) bond motifs is 1. The first-order chi connectivity index (χ1) is 12.2. The Morgan fingerprint density at radius 1 is 1.28 bits per heavy atom. The van der Waals surface area contributed by atoms with Crippen LogP contribution in [0.2, 0.25) is 0 Å². The molecule has 0 saturated carbocycles. The summed E-state index contributed by atoms with van der Waals surface area (Å²) in [5, 5.41) is 5.91. The second kappa shape index (κ2) is 6.80. The number of amides is 1. The van der Waals surface area contributed by atoms with E-state index in [-0.39, 0.29) is 17.5 Å². The number of rotatable bonds is 3. The van der Waals surface area contributed by atoms with Gasteiger partial charge in [0.05, 0.1) is 11.6 Å². The van der Waals surface area contributed by atoms with E-state index < -0.39 is 5.82 Å². The van der Waals surface area contributed by atoms with Crippen LogP contribution in [-0.2, 0) is 4.79 Å². The summed E-state index contributed by atoms with van der Waals surface area (Å²) in [6, 6.07) is 10.3. The second-order valence-electron chi connectivity index (χ2n) is 6.22. The molecule has 1 atom stereocenters. The Morgan fingerprint density at radius 3 is 3.04 bits per heavy atom. The number of halogens is 1. The quantitative estimate of drug-likeness (QED) is 0.762. The van der Waals surface area contributed by atoms with E-state index in [9.17, 15) is 9.18 Å². The average Bonchev–Trinajstić information content (AvgIpc) is 3.12. The maximum atomic E-state index is 13.8. The van der Waals surface area contributed by atoms with Crippen LogP contribution in [0.3, 0.4) is 0 Å². The van der Waals surface area contributed by atoms with Crippen molar-refractivity contribution in [2.24, 2.45) is 5.92 Å². The second-order valence-corrected chi connectivity index (χ2v) is 7.17. The molecular weight excluding hydrogens is 337 g/mol. The van der Waals surface area contributed by atoms with Gasteiger partial charge in [-0.3, -0.25) is 4.79 Å². The third-order valence-corrected chi connectivity index (χ3v) is 5.46. The number of para-hydroxylation sites is 1. The number of hydrogen-bond acceptors (Lipinski definition) is 4. The number of nitrogens with one attached hydrogen (secondary N) is 1. The fraction of sp³-hybridized carbons (Fsp3) is 0.263. The van der Waals surface area contributed by atoms with Crippen LogP contribution in [0, 0.1) is 11.7 Å². The van der Waals surface area contributed by atoms with Gasteiger partial charge in [0.2, 0.25) is 5.91 Å². The Labute approximate surface area is 149 Å². The number of benzene rings is 1. The number of hydrogen-bond donors (Lipinski definition) is 1. The predicted molar refractivity (Wildman–Crippen MR) is 99.6 cm³/mol. The van der Waals surface area contributed by atoms with E-state index >= 15 is 0 Å². The summed E-state index contributed by atoms with van der Waals surface area (Å²) < 4.78 is 15.0. The smallest absolute Gasteiger partial charge is 0.229 e.